The van der Waals surface area contributed by atoms with E-state index in [0.29, 0.717) is 5.69 Å². The van der Waals surface area contributed by atoms with Crippen molar-refractivity contribution < 1.29 is 18.0 Å². The van der Waals surface area contributed by atoms with Crippen LogP contribution in [0.1, 0.15) is 10.4 Å². The molecule has 138 valence electrons. The van der Waals surface area contributed by atoms with E-state index in [4.69, 9.17) is 0 Å². The van der Waals surface area contributed by atoms with E-state index in [1.165, 1.54) is 24.1 Å². The third-order valence-electron chi connectivity index (χ3n) is 3.33. The first-order valence-electron chi connectivity index (χ1n) is 7.54. The van der Waals surface area contributed by atoms with Crippen LogP contribution in [0.15, 0.2) is 53.0 Å². The molecule has 2 amide bonds. The summed E-state index contributed by atoms with van der Waals surface area (Å²) in [6, 6.07) is 13.3. The largest absolute Gasteiger partial charge is 0.332 e. The summed E-state index contributed by atoms with van der Waals surface area (Å²) < 4.78 is 25.9. The number of hydrogen-bond donors (Lipinski definition) is 2. The molecule has 26 heavy (non-hydrogen) atoms. The fourth-order valence-corrected chi connectivity index (χ4v) is 3.16. The molecule has 2 aromatic rings. The second kappa shape index (κ2) is 8.33. The molecule has 0 saturated carbocycles. The summed E-state index contributed by atoms with van der Waals surface area (Å²) in [4.78, 5) is 26.0. The van der Waals surface area contributed by atoms with E-state index in [1.54, 1.807) is 30.3 Å². The van der Waals surface area contributed by atoms with E-state index in [9.17, 15) is 18.0 Å². The number of hydrogen-bond acceptors (Lipinski definition) is 4. The summed E-state index contributed by atoms with van der Waals surface area (Å²) in [7, 11) is -2.06. The minimum absolute atomic E-state index is 0.161. The van der Waals surface area contributed by atoms with Gasteiger partial charge >= 0.3 is 0 Å². The van der Waals surface area contributed by atoms with Crippen LogP contribution in [0.4, 0.5) is 11.4 Å². The van der Waals surface area contributed by atoms with Gasteiger partial charge in [-0.05, 0) is 40.2 Å². The van der Waals surface area contributed by atoms with Crippen LogP contribution in [-0.2, 0) is 14.8 Å². The molecule has 0 spiro atoms. The standard InChI is InChI=1S/C17H18BrN3O4S/c1-21(11-16(22)19-15-10-6-4-8-13(15)18)17(23)12-7-3-5-9-14(12)20-26(2,24)25/h3-10,20H,11H2,1-2H3,(H,19,22). The quantitative estimate of drug-likeness (QED) is 0.722. The van der Waals surface area contributed by atoms with Crippen LogP contribution in [0.25, 0.3) is 0 Å². The van der Waals surface area contributed by atoms with Crippen LogP contribution in [-0.4, -0.2) is 45.0 Å². The average Bonchev–Trinajstić information content (AvgIpc) is 2.55. The van der Waals surface area contributed by atoms with E-state index >= 15 is 0 Å². The summed E-state index contributed by atoms with van der Waals surface area (Å²) in [6.45, 7) is -0.187. The summed E-state index contributed by atoms with van der Waals surface area (Å²) in [6.07, 6.45) is 1.00. The van der Waals surface area contributed by atoms with Crippen LogP contribution >= 0.6 is 15.9 Å². The molecule has 0 saturated heterocycles. The number of para-hydroxylation sites is 2. The van der Waals surface area contributed by atoms with Crippen LogP contribution in [0, 0.1) is 0 Å². The molecule has 0 unspecified atom stereocenters. The van der Waals surface area contributed by atoms with Gasteiger partial charge in [0.25, 0.3) is 5.91 Å². The Morgan fingerprint density at radius 3 is 2.23 bits per heavy atom. The van der Waals surface area contributed by atoms with Crippen LogP contribution in [0.5, 0.6) is 0 Å². The monoisotopic (exact) mass is 439 g/mol. The van der Waals surface area contributed by atoms with E-state index in [-0.39, 0.29) is 23.7 Å². The van der Waals surface area contributed by atoms with Gasteiger partial charge in [0.1, 0.15) is 0 Å². The van der Waals surface area contributed by atoms with Crippen LogP contribution in [0.2, 0.25) is 0 Å². The maximum atomic E-state index is 12.6. The van der Waals surface area contributed by atoms with E-state index in [0.717, 1.165) is 10.7 Å². The number of nitrogens with zero attached hydrogens (tertiary/aromatic N) is 1. The van der Waals surface area contributed by atoms with Gasteiger partial charge < -0.3 is 10.2 Å². The lowest BCUT2D eigenvalue weighted by Crippen LogP contribution is -2.35. The van der Waals surface area contributed by atoms with Crippen molar-refractivity contribution in [3.8, 4) is 0 Å². The first-order valence-corrected chi connectivity index (χ1v) is 10.2. The molecular formula is C17H18BrN3O4S. The first-order chi connectivity index (χ1) is 12.2. The third kappa shape index (κ3) is 5.57. The normalized spacial score (nSPS) is 10.9. The number of carbonyl (C=O) groups is 2. The lowest BCUT2D eigenvalue weighted by molar-refractivity contribution is -0.116. The van der Waals surface area contributed by atoms with Gasteiger partial charge in [-0.3, -0.25) is 14.3 Å². The second-order valence-electron chi connectivity index (χ2n) is 5.61. The van der Waals surface area contributed by atoms with Crippen molar-refractivity contribution in [3.63, 3.8) is 0 Å². The van der Waals surface area contributed by atoms with Crippen molar-refractivity contribution in [1.82, 2.24) is 4.90 Å². The predicted octanol–water partition coefficient (Wildman–Crippen LogP) is 2.53. The molecule has 0 fully saturated rings. The zero-order chi connectivity index (χ0) is 19.3. The Kier molecular flexibility index (Phi) is 6.38. The smallest absolute Gasteiger partial charge is 0.256 e. The van der Waals surface area contributed by atoms with Gasteiger partial charge in [0, 0.05) is 11.5 Å². The molecule has 2 N–H and O–H groups in total. The molecule has 2 rings (SSSR count). The lowest BCUT2D eigenvalue weighted by atomic mass is 10.1. The zero-order valence-electron chi connectivity index (χ0n) is 14.2. The Bertz CT molecular complexity index is 931. The number of anilines is 2. The molecule has 0 radical (unpaired) electrons. The van der Waals surface area contributed by atoms with Gasteiger partial charge in [-0.1, -0.05) is 24.3 Å². The molecule has 0 heterocycles. The molecule has 7 nitrogen and oxygen atoms in total. The number of amides is 2. The van der Waals surface area contributed by atoms with Gasteiger partial charge in [-0.2, -0.15) is 0 Å². The van der Waals surface area contributed by atoms with Gasteiger partial charge in [-0.15, -0.1) is 0 Å². The number of benzene rings is 2. The van der Waals surface area contributed by atoms with E-state index in [1.807, 2.05) is 6.07 Å². The Morgan fingerprint density at radius 2 is 1.62 bits per heavy atom. The van der Waals surface area contributed by atoms with Crippen molar-refractivity contribution in [2.24, 2.45) is 0 Å². The highest BCUT2D eigenvalue weighted by Gasteiger charge is 2.19. The number of carbonyl (C=O) groups excluding carboxylic acids is 2. The Hall–Kier alpha value is -2.39. The van der Waals surface area contributed by atoms with Crippen molar-refractivity contribution in [2.45, 2.75) is 0 Å². The Balaban J connectivity index is 2.10. The second-order valence-corrected chi connectivity index (χ2v) is 8.21. The average molecular weight is 440 g/mol. The Morgan fingerprint density at radius 1 is 1.04 bits per heavy atom. The number of rotatable bonds is 6. The predicted molar refractivity (Wildman–Crippen MR) is 105 cm³/mol. The molecule has 0 aromatic heterocycles. The van der Waals surface area contributed by atoms with Crippen molar-refractivity contribution in [2.75, 3.05) is 29.9 Å². The van der Waals surface area contributed by atoms with Gasteiger partial charge in [0.15, 0.2) is 0 Å². The molecular weight excluding hydrogens is 422 g/mol. The minimum atomic E-state index is -3.53. The molecule has 0 aliphatic heterocycles. The summed E-state index contributed by atoms with van der Waals surface area (Å²) in [5, 5.41) is 2.71. The topological polar surface area (TPSA) is 95.6 Å². The van der Waals surface area contributed by atoms with Gasteiger partial charge in [0.05, 0.1) is 29.7 Å². The zero-order valence-corrected chi connectivity index (χ0v) is 16.6. The first kappa shape index (κ1) is 19.9. The van der Waals surface area contributed by atoms with Gasteiger partial charge in [0.2, 0.25) is 15.9 Å². The number of likely N-dealkylation sites (N-methyl/N-ethyl adjacent to an activating group) is 1. The van der Waals surface area contributed by atoms with E-state index in [2.05, 4.69) is 26.0 Å². The summed E-state index contributed by atoms with van der Waals surface area (Å²) in [5.74, 6) is -0.847. The Labute approximate surface area is 160 Å². The number of sulfonamides is 1. The molecule has 9 heteroatoms. The van der Waals surface area contributed by atoms with Crippen molar-refractivity contribution in [1.29, 1.82) is 0 Å². The summed E-state index contributed by atoms with van der Waals surface area (Å²) >= 11 is 3.33. The van der Waals surface area contributed by atoms with Crippen LogP contribution in [0.3, 0.4) is 0 Å². The molecule has 2 aromatic carbocycles. The maximum absolute atomic E-state index is 12.6. The minimum Gasteiger partial charge on any atom is -0.332 e. The highest BCUT2D eigenvalue weighted by molar-refractivity contribution is 9.10. The van der Waals surface area contributed by atoms with Crippen LogP contribution < -0.4 is 10.0 Å². The van der Waals surface area contributed by atoms with Gasteiger partial charge in [-0.25, -0.2) is 8.42 Å². The third-order valence-corrected chi connectivity index (χ3v) is 4.61. The molecule has 0 aliphatic carbocycles. The maximum Gasteiger partial charge on any atom is 0.256 e. The summed E-state index contributed by atoms with van der Waals surface area (Å²) in [5.41, 5.74) is 0.921. The highest BCUT2D eigenvalue weighted by atomic mass is 79.9. The SMILES string of the molecule is CN(CC(=O)Nc1ccccc1Br)C(=O)c1ccccc1NS(C)(=O)=O. The fourth-order valence-electron chi connectivity index (χ4n) is 2.20. The molecule has 0 bridgehead atoms. The molecule has 0 aliphatic rings. The van der Waals surface area contributed by atoms with Crippen molar-refractivity contribution >= 4 is 49.1 Å². The van der Waals surface area contributed by atoms with Crippen molar-refractivity contribution in [3.05, 3.63) is 58.6 Å². The van der Waals surface area contributed by atoms with E-state index < -0.39 is 15.9 Å². The lowest BCUT2D eigenvalue weighted by Gasteiger charge is -2.19. The number of nitrogens with one attached hydrogen (secondary N) is 2. The highest BCUT2D eigenvalue weighted by Crippen LogP contribution is 2.21. The number of halogens is 1. The molecule has 0 atom stereocenters. The fraction of sp³-hybridized carbons (Fsp3) is 0.176.